The second-order valence-electron chi connectivity index (χ2n) is 7.75. The molecule has 5 rings (SSSR count). The number of hydrogen-bond acceptors (Lipinski definition) is 7. The maximum Gasteiger partial charge on any atom is 0.278 e. The molecule has 0 radical (unpaired) electrons. The standard InChI is InChI=1S/C21H15ClN4O5S/c22-18-16-9-15(20(18)32-14-7-5-13(6-8-14)26(30)31)17-10-24(23-19(16)17)21(27)11-1-3-12(4-2-11)25(28)29/h1-8,10,15-16,18,20H,9H2/t15-,16-,18-,20-/m0/s1. The highest BCUT2D eigenvalue weighted by atomic mass is 35.5. The Hall–Kier alpha value is -3.24. The van der Waals surface area contributed by atoms with Gasteiger partial charge in [-0.25, -0.2) is 4.68 Å². The molecular weight excluding hydrogens is 456 g/mol. The number of rotatable bonds is 5. The summed E-state index contributed by atoms with van der Waals surface area (Å²) in [5.74, 6) is -0.214. The summed E-state index contributed by atoms with van der Waals surface area (Å²) in [4.78, 5) is 34.5. The van der Waals surface area contributed by atoms with E-state index in [1.807, 2.05) is 0 Å². The maximum absolute atomic E-state index is 12.8. The molecule has 11 heteroatoms. The van der Waals surface area contributed by atoms with Gasteiger partial charge in [0, 0.05) is 58.0 Å². The van der Waals surface area contributed by atoms with Gasteiger partial charge in [-0.2, -0.15) is 5.10 Å². The fourth-order valence-corrected chi connectivity index (χ4v) is 6.34. The van der Waals surface area contributed by atoms with Crippen LogP contribution in [0.3, 0.4) is 0 Å². The van der Waals surface area contributed by atoms with Gasteiger partial charge in [-0.3, -0.25) is 25.0 Å². The molecule has 162 valence electrons. The SMILES string of the molecule is O=C(c1ccc([N+](=O)[O-])cc1)n1cc2c(n1)[C@H]1C[C@@H]2[C@H](Sc2ccc([N+](=O)[O-])cc2)[C@H]1Cl. The zero-order valence-corrected chi connectivity index (χ0v) is 17.9. The van der Waals surface area contributed by atoms with Gasteiger partial charge in [-0.1, -0.05) is 0 Å². The number of alkyl halides is 1. The molecule has 4 atom stereocenters. The molecule has 2 aromatic carbocycles. The van der Waals surface area contributed by atoms with Crippen LogP contribution in [0.4, 0.5) is 11.4 Å². The highest BCUT2D eigenvalue weighted by Crippen LogP contribution is 2.59. The zero-order valence-electron chi connectivity index (χ0n) is 16.3. The maximum atomic E-state index is 12.8. The van der Waals surface area contributed by atoms with Crippen molar-refractivity contribution in [2.45, 2.75) is 33.8 Å². The van der Waals surface area contributed by atoms with Gasteiger partial charge in [-0.05, 0) is 36.2 Å². The van der Waals surface area contributed by atoms with Crippen molar-refractivity contribution in [2.24, 2.45) is 0 Å². The number of nitro benzene ring substituents is 2. The Labute approximate surface area is 190 Å². The first kappa shape index (κ1) is 20.7. The summed E-state index contributed by atoms with van der Waals surface area (Å²) in [5, 5.41) is 26.1. The normalized spacial score (nSPS) is 23.2. The summed E-state index contributed by atoms with van der Waals surface area (Å²) in [6, 6.07) is 11.8. The van der Waals surface area contributed by atoms with Crippen LogP contribution in [-0.2, 0) is 0 Å². The predicted molar refractivity (Wildman–Crippen MR) is 118 cm³/mol. The average molecular weight is 471 g/mol. The van der Waals surface area contributed by atoms with Gasteiger partial charge in [0.15, 0.2) is 0 Å². The van der Waals surface area contributed by atoms with Crippen molar-refractivity contribution in [3.05, 3.63) is 91.8 Å². The van der Waals surface area contributed by atoms with Crippen LogP contribution in [0.5, 0.6) is 0 Å². The second-order valence-corrected chi connectivity index (χ2v) is 9.51. The summed E-state index contributed by atoms with van der Waals surface area (Å²) < 4.78 is 1.29. The van der Waals surface area contributed by atoms with E-state index in [1.54, 1.807) is 30.1 Å². The molecule has 32 heavy (non-hydrogen) atoms. The first-order chi connectivity index (χ1) is 15.3. The Balaban J connectivity index is 1.37. The van der Waals surface area contributed by atoms with Crippen molar-refractivity contribution in [3.63, 3.8) is 0 Å². The fourth-order valence-electron chi connectivity index (χ4n) is 4.44. The molecule has 1 saturated carbocycles. The van der Waals surface area contributed by atoms with Gasteiger partial charge >= 0.3 is 0 Å². The molecule has 0 N–H and O–H groups in total. The minimum Gasteiger partial charge on any atom is -0.267 e. The minimum absolute atomic E-state index is 0.0260. The van der Waals surface area contributed by atoms with Crippen molar-refractivity contribution in [1.29, 1.82) is 0 Å². The average Bonchev–Trinajstić information content (AvgIpc) is 3.45. The predicted octanol–water partition coefficient (Wildman–Crippen LogP) is 4.74. The van der Waals surface area contributed by atoms with E-state index in [2.05, 4.69) is 5.10 Å². The zero-order chi connectivity index (χ0) is 22.6. The number of nitro groups is 2. The third kappa shape index (κ3) is 3.35. The van der Waals surface area contributed by atoms with Gasteiger partial charge in [0.05, 0.1) is 20.9 Å². The lowest BCUT2D eigenvalue weighted by Crippen LogP contribution is -2.24. The van der Waals surface area contributed by atoms with Gasteiger partial charge in [0.2, 0.25) is 0 Å². The summed E-state index contributed by atoms with van der Waals surface area (Å²) >= 11 is 8.34. The third-order valence-corrected chi connectivity index (χ3v) is 8.14. The summed E-state index contributed by atoms with van der Waals surface area (Å²) in [5.41, 5.74) is 2.08. The molecule has 0 spiro atoms. The Kier molecular flexibility index (Phi) is 4.98. The molecule has 9 nitrogen and oxygen atoms in total. The number of fused-ring (bicyclic) bond motifs is 5. The van der Waals surface area contributed by atoms with Crippen LogP contribution in [0.1, 0.15) is 39.9 Å². The van der Waals surface area contributed by atoms with E-state index in [0.717, 1.165) is 22.6 Å². The van der Waals surface area contributed by atoms with Gasteiger partial charge in [-0.15, -0.1) is 23.4 Å². The minimum atomic E-state index is -0.516. The van der Waals surface area contributed by atoms with Crippen molar-refractivity contribution < 1.29 is 14.6 Å². The lowest BCUT2D eigenvalue weighted by molar-refractivity contribution is -0.385. The monoisotopic (exact) mass is 470 g/mol. The van der Waals surface area contributed by atoms with Crippen LogP contribution >= 0.6 is 23.4 Å². The van der Waals surface area contributed by atoms with E-state index in [-0.39, 0.29) is 39.7 Å². The van der Waals surface area contributed by atoms with Gasteiger partial charge in [0.25, 0.3) is 17.3 Å². The summed E-state index contributed by atoms with van der Waals surface area (Å²) in [7, 11) is 0. The van der Waals surface area contributed by atoms with E-state index in [9.17, 15) is 25.0 Å². The number of hydrogen-bond donors (Lipinski definition) is 0. The van der Waals surface area contributed by atoms with Crippen LogP contribution < -0.4 is 0 Å². The molecular formula is C21H15ClN4O5S. The Bertz CT molecular complexity index is 1240. The van der Waals surface area contributed by atoms with Crippen LogP contribution in [0.2, 0.25) is 0 Å². The highest BCUT2D eigenvalue weighted by molar-refractivity contribution is 8.00. The topological polar surface area (TPSA) is 121 Å². The van der Waals surface area contributed by atoms with Crippen LogP contribution in [0.15, 0.2) is 59.6 Å². The quantitative estimate of drug-likeness (QED) is 0.300. The Morgan fingerprint density at radius 2 is 1.59 bits per heavy atom. The lowest BCUT2D eigenvalue weighted by atomic mass is 9.97. The Morgan fingerprint density at radius 3 is 2.19 bits per heavy atom. The number of non-ortho nitro benzene ring substituents is 2. The Morgan fingerprint density at radius 1 is 1.00 bits per heavy atom. The van der Waals surface area contributed by atoms with E-state index in [1.165, 1.54) is 41.1 Å². The number of thioether (sulfide) groups is 1. The van der Waals surface area contributed by atoms with Crippen molar-refractivity contribution in [2.75, 3.05) is 0 Å². The number of carbonyl (C=O) groups is 1. The molecule has 1 fully saturated rings. The number of nitrogens with zero attached hydrogens (tertiary/aromatic N) is 4. The number of aromatic nitrogens is 2. The van der Waals surface area contributed by atoms with E-state index in [0.29, 0.717) is 5.56 Å². The molecule has 1 aromatic heterocycles. The summed E-state index contributed by atoms with van der Waals surface area (Å²) in [6.45, 7) is 0. The molecule has 2 bridgehead atoms. The van der Waals surface area contributed by atoms with E-state index in [4.69, 9.17) is 11.6 Å². The third-order valence-electron chi connectivity index (χ3n) is 5.98. The second kappa shape index (κ2) is 7.72. The lowest BCUT2D eigenvalue weighted by Gasteiger charge is -2.25. The molecule has 0 amide bonds. The number of benzene rings is 2. The van der Waals surface area contributed by atoms with Gasteiger partial charge in [0.1, 0.15) is 0 Å². The van der Waals surface area contributed by atoms with Crippen molar-refractivity contribution in [3.8, 4) is 0 Å². The molecule has 0 saturated heterocycles. The summed E-state index contributed by atoms with van der Waals surface area (Å²) in [6.07, 6.45) is 2.58. The molecule has 0 unspecified atom stereocenters. The van der Waals surface area contributed by atoms with E-state index >= 15 is 0 Å². The highest BCUT2D eigenvalue weighted by Gasteiger charge is 2.52. The van der Waals surface area contributed by atoms with Gasteiger partial charge < -0.3 is 0 Å². The molecule has 3 aromatic rings. The molecule has 1 heterocycles. The molecule has 2 aliphatic carbocycles. The molecule has 0 aliphatic heterocycles. The smallest absolute Gasteiger partial charge is 0.267 e. The van der Waals surface area contributed by atoms with Crippen LogP contribution in [-0.4, -0.2) is 36.2 Å². The largest absolute Gasteiger partial charge is 0.278 e. The van der Waals surface area contributed by atoms with Crippen LogP contribution in [0, 0.1) is 20.2 Å². The van der Waals surface area contributed by atoms with Crippen molar-refractivity contribution in [1.82, 2.24) is 9.78 Å². The van der Waals surface area contributed by atoms with Crippen LogP contribution in [0.25, 0.3) is 0 Å². The van der Waals surface area contributed by atoms with Crippen molar-refractivity contribution >= 4 is 40.6 Å². The first-order valence-corrected chi connectivity index (χ1v) is 11.1. The first-order valence-electron chi connectivity index (χ1n) is 9.77. The fraction of sp³-hybridized carbons (Fsp3) is 0.238. The molecule has 2 aliphatic rings. The number of carbonyl (C=O) groups excluding carboxylic acids is 1. The van der Waals surface area contributed by atoms with E-state index < -0.39 is 9.85 Å². The number of halogens is 1.